The van der Waals surface area contributed by atoms with Gasteiger partial charge < -0.3 is 10.5 Å². The van der Waals surface area contributed by atoms with Crippen LogP contribution in [0, 0.1) is 24.2 Å². The molecule has 1 atom stereocenters. The van der Waals surface area contributed by atoms with Crippen LogP contribution in [-0.4, -0.2) is 10.2 Å². The fraction of sp³-hybridized carbons (Fsp3) is 0.429. The van der Waals surface area contributed by atoms with Crippen LogP contribution in [0.2, 0.25) is 0 Å². The Bertz CT molecular complexity index is 888. The summed E-state index contributed by atoms with van der Waals surface area (Å²) in [5, 5.41) is 17.3. The van der Waals surface area contributed by atoms with Gasteiger partial charge in [-0.15, -0.1) is 16.9 Å². The van der Waals surface area contributed by atoms with Gasteiger partial charge in [0.15, 0.2) is 0 Å². The molecule has 1 aromatic heterocycles. The van der Waals surface area contributed by atoms with Crippen molar-refractivity contribution in [1.29, 1.82) is 5.26 Å². The van der Waals surface area contributed by atoms with E-state index in [0.29, 0.717) is 17.4 Å². The Kier molecular flexibility index (Phi) is 5.13. The first-order valence-electron chi connectivity index (χ1n) is 9.51. The smallest absolute Gasteiger partial charge is 0.243 e. The van der Waals surface area contributed by atoms with Gasteiger partial charge in [-0.2, -0.15) is 5.26 Å². The van der Waals surface area contributed by atoms with Gasteiger partial charge in [-0.1, -0.05) is 37.0 Å². The number of aryl methyl sites for hydroxylation is 1. The SMILES string of the molecule is Cc1ccc(SCc2[nH]nc3c2C(C2CCCCC2)C(C#N)=C(N)O3)cc1. The molecule has 2 aromatic rings. The molecule has 1 unspecified atom stereocenters. The molecule has 3 N–H and O–H groups in total. The normalized spacial score (nSPS) is 20.1. The summed E-state index contributed by atoms with van der Waals surface area (Å²) in [4.78, 5) is 1.21. The summed E-state index contributed by atoms with van der Waals surface area (Å²) in [5.41, 5.74) is 9.95. The van der Waals surface area contributed by atoms with Gasteiger partial charge in [0.2, 0.25) is 11.8 Å². The highest BCUT2D eigenvalue weighted by atomic mass is 32.2. The van der Waals surface area contributed by atoms with Crippen molar-refractivity contribution in [3.63, 3.8) is 0 Å². The molecule has 5 nitrogen and oxygen atoms in total. The number of rotatable bonds is 4. The Balaban J connectivity index is 1.64. The third-order valence-corrected chi connectivity index (χ3v) is 6.63. The van der Waals surface area contributed by atoms with E-state index < -0.39 is 0 Å². The molecule has 0 amide bonds. The van der Waals surface area contributed by atoms with Crippen molar-refractivity contribution in [2.45, 2.75) is 55.6 Å². The van der Waals surface area contributed by atoms with Crippen LogP contribution in [0.25, 0.3) is 0 Å². The Morgan fingerprint density at radius 1 is 1.26 bits per heavy atom. The number of nitrogens with two attached hydrogens (primary N) is 1. The molecule has 1 aliphatic heterocycles. The molecular formula is C21H24N4OS. The van der Waals surface area contributed by atoms with Crippen LogP contribution >= 0.6 is 11.8 Å². The molecule has 2 heterocycles. The number of hydrogen-bond acceptors (Lipinski definition) is 5. The number of thioether (sulfide) groups is 1. The zero-order valence-electron chi connectivity index (χ0n) is 15.5. The predicted molar refractivity (Wildman–Crippen MR) is 106 cm³/mol. The van der Waals surface area contributed by atoms with Crippen LogP contribution in [0.5, 0.6) is 5.88 Å². The number of benzene rings is 1. The highest BCUT2D eigenvalue weighted by Crippen LogP contribution is 2.48. The average molecular weight is 381 g/mol. The minimum absolute atomic E-state index is 0.00795. The second kappa shape index (κ2) is 7.69. The van der Waals surface area contributed by atoms with Crippen LogP contribution in [0.3, 0.4) is 0 Å². The van der Waals surface area contributed by atoms with E-state index >= 15 is 0 Å². The monoisotopic (exact) mass is 380 g/mol. The summed E-state index contributed by atoms with van der Waals surface area (Å²) in [6.07, 6.45) is 5.94. The molecule has 0 radical (unpaired) electrons. The van der Waals surface area contributed by atoms with E-state index in [9.17, 15) is 5.26 Å². The maximum Gasteiger partial charge on any atom is 0.243 e. The molecule has 1 aliphatic carbocycles. The lowest BCUT2D eigenvalue weighted by molar-refractivity contribution is 0.296. The number of fused-ring (bicyclic) bond motifs is 1. The van der Waals surface area contributed by atoms with E-state index in [1.807, 2.05) is 0 Å². The quantitative estimate of drug-likeness (QED) is 0.747. The molecule has 1 saturated carbocycles. The molecule has 2 aliphatic rings. The number of ether oxygens (including phenoxy) is 1. The fourth-order valence-corrected chi connectivity index (χ4v) is 5.05. The topological polar surface area (TPSA) is 87.7 Å². The van der Waals surface area contributed by atoms with Crippen molar-refractivity contribution >= 4 is 11.8 Å². The van der Waals surface area contributed by atoms with E-state index in [4.69, 9.17) is 10.5 Å². The van der Waals surface area contributed by atoms with Gasteiger partial charge in [0.25, 0.3) is 0 Å². The van der Waals surface area contributed by atoms with Gasteiger partial charge >= 0.3 is 0 Å². The molecule has 140 valence electrons. The van der Waals surface area contributed by atoms with Crippen molar-refractivity contribution in [3.8, 4) is 11.9 Å². The predicted octanol–water partition coefficient (Wildman–Crippen LogP) is 4.76. The average Bonchev–Trinajstić information content (AvgIpc) is 3.09. The zero-order chi connectivity index (χ0) is 18.8. The molecule has 1 fully saturated rings. The van der Waals surface area contributed by atoms with E-state index in [1.54, 1.807) is 11.8 Å². The van der Waals surface area contributed by atoms with Gasteiger partial charge in [-0.3, -0.25) is 5.10 Å². The molecule has 1 aromatic carbocycles. The van der Waals surface area contributed by atoms with Crippen molar-refractivity contribution in [2.24, 2.45) is 11.7 Å². The number of nitriles is 1. The minimum atomic E-state index is -0.00795. The molecule has 0 bridgehead atoms. The Hall–Kier alpha value is -2.39. The van der Waals surface area contributed by atoms with Gasteiger partial charge in [0.1, 0.15) is 6.07 Å². The largest absolute Gasteiger partial charge is 0.420 e. The minimum Gasteiger partial charge on any atom is -0.420 e. The lowest BCUT2D eigenvalue weighted by Crippen LogP contribution is -2.26. The first kappa shape index (κ1) is 18.0. The van der Waals surface area contributed by atoms with Crippen LogP contribution in [0.1, 0.15) is 54.8 Å². The fourth-order valence-electron chi connectivity index (χ4n) is 4.19. The summed E-state index contributed by atoms with van der Waals surface area (Å²) in [7, 11) is 0. The maximum absolute atomic E-state index is 9.75. The van der Waals surface area contributed by atoms with Crippen LogP contribution < -0.4 is 10.5 Å². The first-order chi connectivity index (χ1) is 13.2. The summed E-state index contributed by atoms with van der Waals surface area (Å²) < 4.78 is 5.69. The lowest BCUT2D eigenvalue weighted by Gasteiger charge is -2.33. The number of nitrogens with zero attached hydrogens (tertiary/aromatic N) is 2. The number of H-pyrrole nitrogens is 1. The van der Waals surface area contributed by atoms with Crippen LogP contribution in [0.15, 0.2) is 40.6 Å². The van der Waals surface area contributed by atoms with Crippen LogP contribution in [0.4, 0.5) is 0 Å². The van der Waals surface area contributed by atoms with Gasteiger partial charge in [-0.25, -0.2) is 0 Å². The van der Waals surface area contributed by atoms with Crippen LogP contribution in [-0.2, 0) is 5.75 Å². The molecular weight excluding hydrogens is 356 g/mol. The standard InChI is InChI=1S/C21H24N4OS/c1-13-7-9-15(10-8-13)27-12-17-19-18(14-5-3-2-4-6-14)16(11-22)20(23)26-21(19)25-24-17/h7-10,14,18H,2-6,12,23H2,1H3,(H,24,25). The molecule has 0 saturated heterocycles. The summed E-state index contributed by atoms with van der Waals surface area (Å²) in [5.74, 6) is 1.93. The van der Waals surface area contributed by atoms with Crippen molar-refractivity contribution in [1.82, 2.24) is 10.2 Å². The van der Waals surface area contributed by atoms with Crippen molar-refractivity contribution in [3.05, 3.63) is 52.5 Å². The Morgan fingerprint density at radius 2 is 2.00 bits per heavy atom. The van der Waals surface area contributed by atoms with E-state index in [1.165, 1.54) is 29.7 Å². The van der Waals surface area contributed by atoms with E-state index in [0.717, 1.165) is 29.9 Å². The van der Waals surface area contributed by atoms with E-state index in [2.05, 4.69) is 47.5 Å². The van der Waals surface area contributed by atoms with Gasteiger partial charge in [0.05, 0.1) is 11.3 Å². The second-order valence-electron chi connectivity index (χ2n) is 7.39. The highest BCUT2D eigenvalue weighted by molar-refractivity contribution is 7.98. The molecule has 27 heavy (non-hydrogen) atoms. The second-order valence-corrected chi connectivity index (χ2v) is 8.44. The highest BCUT2D eigenvalue weighted by Gasteiger charge is 2.39. The van der Waals surface area contributed by atoms with Gasteiger partial charge in [0, 0.05) is 22.1 Å². The first-order valence-corrected chi connectivity index (χ1v) is 10.5. The molecule has 6 heteroatoms. The number of allylic oxidation sites excluding steroid dienone is 1. The number of nitrogens with one attached hydrogen (secondary N) is 1. The summed E-state index contributed by atoms with van der Waals surface area (Å²) in [6.45, 7) is 2.09. The Morgan fingerprint density at radius 3 is 2.70 bits per heavy atom. The zero-order valence-corrected chi connectivity index (χ0v) is 16.3. The lowest BCUT2D eigenvalue weighted by atomic mass is 9.73. The van der Waals surface area contributed by atoms with Gasteiger partial charge in [-0.05, 0) is 37.8 Å². The Labute approximate surface area is 164 Å². The number of hydrogen-bond donors (Lipinski definition) is 2. The molecule has 4 rings (SSSR count). The van der Waals surface area contributed by atoms with E-state index in [-0.39, 0.29) is 11.8 Å². The van der Waals surface area contributed by atoms with Crippen molar-refractivity contribution < 1.29 is 4.74 Å². The number of aromatic amines is 1. The third-order valence-electron chi connectivity index (χ3n) is 5.59. The maximum atomic E-state index is 9.75. The summed E-state index contributed by atoms with van der Waals surface area (Å²) in [6, 6.07) is 10.8. The van der Waals surface area contributed by atoms with Crippen molar-refractivity contribution in [2.75, 3.05) is 0 Å². The molecule has 0 spiro atoms. The summed E-state index contributed by atoms with van der Waals surface area (Å²) >= 11 is 1.76. The third kappa shape index (κ3) is 3.57. The number of aromatic nitrogens is 2.